The fourth-order valence-corrected chi connectivity index (χ4v) is 9.75. The van der Waals surface area contributed by atoms with E-state index < -0.39 is 20.8 Å². The summed E-state index contributed by atoms with van der Waals surface area (Å²) in [6, 6.07) is 7.38. The van der Waals surface area contributed by atoms with Gasteiger partial charge in [0.25, 0.3) is 0 Å². The maximum atomic E-state index is 14.3. The predicted molar refractivity (Wildman–Crippen MR) is 165 cm³/mol. The summed E-state index contributed by atoms with van der Waals surface area (Å²) in [5.74, 6) is -0.189. The lowest BCUT2D eigenvalue weighted by Crippen LogP contribution is -2.63. The minimum atomic E-state index is -3.49. The number of aryl methyl sites for hydroxylation is 1. The highest BCUT2D eigenvalue weighted by Crippen LogP contribution is 2.68. The Morgan fingerprint density at radius 2 is 1.69 bits per heavy atom. The van der Waals surface area contributed by atoms with Crippen molar-refractivity contribution in [3.8, 4) is 0 Å². The van der Waals surface area contributed by atoms with E-state index in [9.17, 15) is 18.0 Å². The van der Waals surface area contributed by atoms with Crippen molar-refractivity contribution in [1.82, 2.24) is 15.5 Å². The van der Waals surface area contributed by atoms with Gasteiger partial charge in [0.05, 0.1) is 12.0 Å². The van der Waals surface area contributed by atoms with Crippen LogP contribution in [0, 0.1) is 29.6 Å². The number of amides is 2. The number of anilines is 1. The van der Waals surface area contributed by atoms with Crippen LogP contribution in [0.5, 0.6) is 0 Å². The summed E-state index contributed by atoms with van der Waals surface area (Å²) >= 11 is 0. The van der Waals surface area contributed by atoms with E-state index in [4.69, 9.17) is 4.74 Å². The van der Waals surface area contributed by atoms with Crippen molar-refractivity contribution in [1.29, 1.82) is 0 Å². The van der Waals surface area contributed by atoms with Crippen LogP contribution in [0.15, 0.2) is 24.3 Å². The van der Waals surface area contributed by atoms with E-state index in [1.807, 2.05) is 17.9 Å². The molecule has 2 heterocycles. The van der Waals surface area contributed by atoms with Gasteiger partial charge < -0.3 is 19.9 Å². The van der Waals surface area contributed by atoms with Crippen molar-refractivity contribution in [2.75, 3.05) is 50.5 Å². The number of para-hydroxylation sites is 1. The smallest absolute Gasteiger partial charge is 0.237 e. The lowest BCUT2D eigenvalue weighted by molar-refractivity contribution is -0.140. The van der Waals surface area contributed by atoms with Crippen LogP contribution in [-0.4, -0.2) is 87.7 Å². The molecule has 4 fully saturated rings. The normalized spacial score (nSPS) is 31.1. The first-order valence-electron chi connectivity index (χ1n) is 15.7. The van der Waals surface area contributed by atoms with Crippen molar-refractivity contribution >= 4 is 27.3 Å². The maximum absolute atomic E-state index is 14.3. The number of rotatable bonds is 8. The summed E-state index contributed by atoms with van der Waals surface area (Å²) in [6.07, 6.45) is 4.23. The van der Waals surface area contributed by atoms with Crippen LogP contribution in [0.4, 0.5) is 5.69 Å². The zero-order chi connectivity index (χ0) is 30.5. The van der Waals surface area contributed by atoms with E-state index >= 15 is 0 Å². The van der Waals surface area contributed by atoms with E-state index in [-0.39, 0.29) is 40.5 Å². The molecule has 2 saturated carbocycles. The molecule has 0 aromatic heterocycles. The molecule has 2 amide bonds. The van der Waals surface area contributed by atoms with Gasteiger partial charge in [0, 0.05) is 70.2 Å². The molecule has 10 heteroatoms. The molecule has 5 rings (SSSR count). The fraction of sp³-hybridized carbons (Fsp3) is 0.750. The number of nitrogens with zero attached hydrogens (tertiary/aromatic N) is 2. The Balaban J connectivity index is 1.34. The Kier molecular flexibility index (Phi) is 8.48. The monoisotopic (exact) mass is 602 g/mol. The molecule has 0 radical (unpaired) electrons. The summed E-state index contributed by atoms with van der Waals surface area (Å²) in [4.78, 5) is 31.4. The van der Waals surface area contributed by atoms with Gasteiger partial charge >= 0.3 is 0 Å². The molecule has 0 spiro atoms. The summed E-state index contributed by atoms with van der Waals surface area (Å²) < 4.78 is 31.3. The van der Waals surface area contributed by atoms with Crippen LogP contribution in [0.3, 0.4) is 0 Å². The van der Waals surface area contributed by atoms with Crippen molar-refractivity contribution in [3.05, 3.63) is 29.8 Å². The number of hydrogen-bond acceptors (Lipinski definition) is 7. The number of ether oxygens (including phenoxy) is 1. The van der Waals surface area contributed by atoms with Crippen molar-refractivity contribution in [2.45, 2.75) is 83.7 Å². The highest BCUT2D eigenvalue weighted by atomic mass is 32.2. The highest BCUT2D eigenvalue weighted by molar-refractivity contribution is 7.92. The second-order valence-corrected chi connectivity index (χ2v) is 16.2. The van der Waals surface area contributed by atoms with E-state index in [2.05, 4.69) is 61.4 Å². The lowest BCUT2D eigenvalue weighted by atomic mass is 9.69. The van der Waals surface area contributed by atoms with Crippen LogP contribution >= 0.6 is 0 Å². The molecule has 1 aromatic carbocycles. The minimum absolute atomic E-state index is 0.113. The highest BCUT2D eigenvalue weighted by Gasteiger charge is 2.68. The van der Waals surface area contributed by atoms with Gasteiger partial charge in [0.1, 0.15) is 4.87 Å². The molecule has 4 aliphatic rings. The number of nitrogens with one attached hydrogen (secondary N) is 2. The molecular formula is C32H50N4O5S. The summed E-state index contributed by atoms with van der Waals surface area (Å²) in [7, 11) is -3.49. The Hall–Kier alpha value is -2.17. The van der Waals surface area contributed by atoms with Crippen molar-refractivity contribution < 1.29 is 22.7 Å². The van der Waals surface area contributed by atoms with Crippen LogP contribution in [0.1, 0.15) is 65.4 Å². The molecule has 2 N–H and O–H groups in total. The first-order valence-corrected chi connectivity index (χ1v) is 17.6. The van der Waals surface area contributed by atoms with Gasteiger partial charge in [-0.3, -0.25) is 14.9 Å². The average Bonchev–Trinajstić information content (AvgIpc) is 3.28. The second-order valence-electron chi connectivity index (χ2n) is 13.9. The number of hydrogen-bond donors (Lipinski definition) is 2. The summed E-state index contributed by atoms with van der Waals surface area (Å²) in [5.41, 5.74) is 2.11. The molecule has 5 unspecified atom stereocenters. The van der Waals surface area contributed by atoms with Crippen LogP contribution in [0.25, 0.3) is 0 Å². The average molecular weight is 603 g/mol. The Morgan fingerprint density at radius 1 is 1.05 bits per heavy atom. The van der Waals surface area contributed by atoms with Crippen LogP contribution in [0.2, 0.25) is 0 Å². The first kappa shape index (κ1) is 31.3. The molecular weight excluding hydrogens is 552 g/mol. The zero-order valence-electron chi connectivity index (χ0n) is 26.2. The number of benzene rings is 1. The van der Waals surface area contributed by atoms with E-state index in [0.29, 0.717) is 45.6 Å². The second kappa shape index (κ2) is 11.4. The van der Waals surface area contributed by atoms with Crippen LogP contribution < -0.4 is 15.5 Å². The standard InChI is InChI=1S/C32H50N4O5S/c1-7-24(34-32(42(6,39)40)14-20-41-21-15-32)28(37)33-27-26(23-12-13-31(27,5)30(23,3)4)29(38)36-18-16-35(17-19-36)25-11-9-8-10-22(25)2/h8-11,23-24,26-27,34H,7,12-21H2,1-6H3,(H,33,37). The Morgan fingerprint density at radius 3 is 2.29 bits per heavy atom. The third-order valence-corrected chi connectivity index (χ3v) is 13.6. The Bertz CT molecular complexity index is 1290. The largest absolute Gasteiger partial charge is 0.381 e. The minimum Gasteiger partial charge on any atom is -0.381 e. The topological polar surface area (TPSA) is 108 Å². The van der Waals surface area contributed by atoms with E-state index in [0.717, 1.165) is 25.9 Å². The summed E-state index contributed by atoms with van der Waals surface area (Å²) in [5, 5.41) is 6.60. The SMILES string of the molecule is CCC(NC1(S(C)(=O)=O)CCOCC1)C(=O)NC1C(C(=O)N2CCN(c3ccccc3C)CC2)C2CCC1(C)C2(C)C. The third kappa shape index (κ3) is 5.15. The van der Waals surface area contributed by atoms with Gasteiger partial charge in [-0.15, -0.1) is 0 Å². The molecule has 42 heavy (non-hydrogen) atoms. The van der Waals surface area contributed by atoms with Gasteiger partial charge in [0.2, 0.25) is 11.8 Å². The van der Waals surface area contributed by atoms with Crippen molar-refractivity contribution in [2.24, 2.45) is 22.7 Å². The van der Waals surface area contributed by atoms with Gasteiger partial charge in [0.15, 0.2) is 9.84 Å². The Labute approximate surface area is 252 Å². The zero-order valence-corrected chi connectivity index (χ0v) is 27.1. The maximum Gasteiger partial charge on any atom is 0.237 e. The fourth-order valence-electron chi connectivity index (χ4n) is 8.48. The van der Waals surface area contributed by atoms with Crippen LogP contribution in [-0.2, 0) is 24.2 Å². The molecule has 2 bridgehead atoms. The molecule has 1 aromatic rings. The van der Waals surface area contributed by atoms with E-state index in [1.54, 1.807) is 0 Å². The first-order chi connectivity index (χ1) is 19.8. The van der Waals surface area contributed by atoms with Gasteiger partial charge in [-0.05, 0) is 54.6 Å². The van der Waals surface area contributed by atoms with Gasteiger partial charge in [-0.25, -0.2) is 8.42 Å². The number of fused-ring (bicyclic) bond motifs is 2. The number of carbonyl (C=O) groups excluding carboxylic acids is 2. The molecule has 234 valence electrons. The van der Waals surface area contributed by atoms with Crippen molar-refractivity contribution in [3.63, 3.8) is 0 Å². The lowest BCUT2D eigenvalue weighted by Gasteiger charge is -2.43. The third-order valence-electron chi connectivity index (χ3n) is 11.7. The number of carbonyl (C=O) groups is 2. The summed E-state index contributed by atoms with van der Waals surface area (Å²) in [6.45, 7) is 14.3. The molecule has 2 aliphatic heterocycles. The predicted octanol–water partition coefficient (Wildman–Crippen LogP) is 3.12. The molecule has 5 atom stereocenters. The molecule has 2 aliphatic carbocycles. The number of piperazine rings is 1. The number of sulfone groups is 1. The van der Waals surface area contributed by atoms with Gasteiger partial charge in [-0.1, -0.05) is 45.9 Å². The molecule has 9 nitrogen and oxygen atoms in total. The van der Waals surface area contributed by atoms with E-state index in [1.165, 1.54) is 17.5 Å². The molecule has 2 saturated heterocycles. The quantitative estimate of drug-likeness (QED) is 0.471. The van der Waals surface area contributed by atoms with Gasteiger partial charge in [-0.2, -0.15) is 0 Å².